The molecule has 0 aliphatic carbocycles. The van der Waals surface area contributed by atoms with E-state index in [1.807, 2.05) is 13.1 Å². The van der Waals surface area contributed by atoms with Crippen molar-refractivity contribution in [2.45, 2.75) is 32.9 Å². The van der Waals surface area contributed by atoms with Crippen LogP contribution in [0.4, 0.5) is 0 Å². The van der Waals surface area contributed by atoms with Crippen molar-refractivity contribution < 1.29 is 4.79 Å². The van der Waals surface area contributed by atoms with Gasteiger partial charge in [-0.25, -0.2) is 9.97 Å². The predicted molar refractivity (Wildman–Crippen MR) is 89.3 cm³/mol. The first-order chi connectivity index (χ1) is 10.6. The number of aryl methyl sites for hydroxylation is 1. The third-order valence-electron chi connectivity index (χ3n) is 4.02. The Morgan fingerprint density at radius 3 is 3.00 bits per heavy atom. The van der Waals surface area contributed by atoms with Gasteiger partial charge in [-0.15, -0.1) is 22.7 Å². The Bertz CT molecular complexity index is 625. The first-order valence-electron chi connectivity index (χ1n) is 7.44. The van der Waals surface area contributed by atoms with Crippen molar-refractivity contribution in [3.63, 3.8) is 0 Å². The summed E-state index contributed by atoms with van der Waals surface area (Å²) in [6.07, 6.45) is 2.95. The summed E-state index contributed by atoms with van der Waals surface area (Å²) in [5, 5.41) is 6.04. The van der Waals surface area contributed by atoms with Crippen LogP contribution in [-0.2, 0) is 6.54 Å². The molecule has 2 aromatic rings. The molecule has 118 valence electrons. The highest BCUT2D eigenvalue weighted by molar-refractivity contribution is 7.11. The second-order valence-corrected chi connectivity index (χ2v) is 7.84. The van der Waals surface area contributed by atoms with Crippen LogP contribution >= 0.6 is 22.7 Å². The molecule has 1 aliphatic heterocycles. The number of likely N-dealkylation sites (tertiary alicyclic amines) is 1. The fourth-order valence-corrected chi connectivity index (χ4v) is 4.23. The Labute approximate surface area is 138 Å². The number of nitrogens with one attached hydrogen (secondary N) is 1. The van der Waals surface area contributed by atoms with E-state index in [1.165, 1.54) is 16.2 Å². The van der Waals surface area contributed by atoms with Gasteiger partial charge in [0.25, 0.3) is 5.91 Å². The second-order valence-electron chi connectivity index (χ2n) is 5.80. The zero-order chi connectivity index (χ0) is 15.5. The first-order valence-corrected chi connectivity index (χ1v) is 9.20. The zero-order valence-electron chi connectivity index (χ0n) is 12.8. The van der Waals surface area contributed by atoms with E-state index in [1.54, 1.807) is 22.2 Å². The van der Waals surface area contributed by atoms with Gasteiger partial charge in [-0.1, -0.05) is 6.92 Å². The van der Waals surface area contributed by atoms with E-state index < -0.39 is 0 Å². The van der Waals surface area contributed by atoms with E-state index in [0.29, 0.717) is 11.6 Å². The fraction of sp³-hybridized carbons (Fsp3) is 0.533. The van der Waals surface area contributed by atoms with Crippen LogP contribution in [0.1, 0.15) is 33.7 Å². The normalized spacial score (nSPS) is 22.6. The van der Waals surface area contributed by atoms with E-state index in [4.69, 9.17) is 0 Å². The predicted octanol–water partition coefficient (Wildman–Crippen LogP) is 2.55. The van der Waals surface area contributed by atoms with E-state index >= 15 is 0 Å². The lowest BCUT2D eigenvalue weighted by atomic mass is 9.93. The van der Waals surface area contributed by atoms with Crippen LogP contribution in [0.15, 0.2) is 17.1 Å². The average Bonchev–Trinajstić information content (AvgIpc) is 3.13. The third kappa shape index (κ3) is 3.71. The number of hydrogen-bond acceptors (Lipinski definition) is 6. The lowest BCUT2D eigenvalue weighted by molar-refractivity contribution is 0.0857. The van der Waals surface area contributed by atoms with Gasteiger partial charge in [-0.3, -0.25) is 9.69 Å². The molecule has 2 aromatic heterocycles. The molecule has 5 nitrogen and oxygen atoms in total. The van der Waals surface area contributed by atoms with Crippen molar-refractivity contribution in [2.24, 2.45) is 5.92 Å². The highest BCUT2D eigenvalue weighted by atomic mass is 32.1. The van der Waals surface area contributed by atoms with Crippen LogP contribution in [0, 0.1) is 12.8 Å². The van der Waals surface area contributed by atoms with Gasteiger partial charge in [0.15, 0.2) is 0 Å². The van der Waals surface area contributed by atoms with Gasteiger partial charge in [0, 0.05) is 42.1 Å². The number of thiazole rings is 2. The van der Waals surface area contributed by atoms with Crippen molar-refractivity contribution in [3.8, 4) is 0 Å². The summed E-state index contributed by atoms with van der Waals surface area (Å²) in [7, 11) is 0. The smallest absolute Gasteiger partial charge is 0.270 e. The fourth-order valence-electron chi connectivity index (χ4n) is 2.86. The molecule has 0 spiro atoms. The topological polar surface area (TPSA) is 58.1 Å². The molecule has 1 amide bonds. The van der Waals surface area contributed by atoms with Crippen molar-refractivity contribution in [1.82, 2.24) is 20.2 Å². The maximum Gasteiger partial charge on any atom is 0.270 e. The molecule has 0 bridgehead atoms. The molecule has 1 saturated heterocycles. The van der Waals surface area contributed by atoms with Gasteiger partial charge in [-0.05, 0) is 19.3 Å². The van der Waals surface area contributed by atoms with Gasteiger partial charge >= 0.3 is 0 Å². The molecule has 1 fully saturated rings. The number of piperidine rings is 1. The number of amides is 1. The Balaban J connectivity index is 1.52. The molecule has 0 saturated carbocycles. The number of aromatic nitrogens is 2. The van der Waals surface area contributed by atoms with Crippen LogP contribution in [0.5, 0.6) is 0 Å². The SMILES string of the molecule is Cc1ncc(CN2CC[C@@H](NC(=O)c3cscn3)[C@@H](C)C2)s1. The van der Waals surface area contributed by atoms with Crippen LogP contribution in [0.2, 0.25) is 0 Å². The Hall–Kier alpha value is -1.31. The summed E-state index contributed by atoms with van der Waals surface area (Å²) in [5.41, 5.74) is 2.22. The third-order valence-corrected chi connectivity index (χ3v) is 5.50. The minimum atomic E-state index is -0.0513. The first kappa shape index (κ1) is 15.6. The van der Waals surface area contributed by atoms with Gasteiger partial charge < -0.3 is 5.32 Å². The summed E-state index contributed by atoms with van der Waals surface area (Å²) >= 11 is 3.21. The Kier molecular flexibility index (Phi) is 4.85. The molecule has 3 heterocycles. The monoisotopic (exact) mass is 336 g/mol. The second kappa shape index (κ2) is 6.85. The van der Waals surface area contributed by atoms with Crippen LogP contribution in [0.3, 0.4) is 0 Å². The Morgan fingerprint density at radius 2 is 2.36 bits per heavy atom. The van der Waals surface area contributed by atoms with Crippen molar-refractivity contribution in [3.05, 3.63) is 32.7 Å². The lowest BCUT2D eigenvalue weighted by Crippen LogP contribution is -2.49. The van der Waals surface area contributed by atoms with E-state index in [2.05, 4.69) is 27.1 Å². The van der Waals surface area contributed by atoms with Gasteiger partial charge in [0.1, 0.15) is 5.69 Å². The van der Waals surface area contributed by atoms with Crippen LogP contribution < -0.4 is 5.32 Å². The molecule has 1 N–H and O–H groups in total. The summed E-state index contributed by atoms with van der Waals surface area (Å²) in [5.74, 6) is 0.384. The minimum Gasteiger partial charge on any atom is -0.348 e. The molecule has 22 heavy (non-hydrogen) atoms. The maximum absolute atomic E-state index is 12.1. The van der Waals surface area contributed by atoms with Crippen molar-refractivity contribution in [2.75, 3.05) is 13.1 Å². The van der Waals surface area contributed by atoms with Crippen LogP contribution in [0.25, 0.3) is 0 Å². The average molecular weight is 336 g/mol. The molecule has 0 aromatic carbocycles. The largest absolute Gasteiger partial charge is 0.348 e. The summed E-state index contributed by atoms with van der Waals surface area (Å²) < 4.78 is 0. The van der Waals surface area contributed by atoms with Gasteiger partial charge in [0.2, 0.25) is 0 Å². The lowest BCUT2D eigenvalue weighted by Gasteiger charge is -2.36. The summed E-state index contributed by atoms with van der Waals surface area (Å²) in [6, 6.07) is 0.230. The van der Waals surface area contributed by atoms with E-state index in [9.17, 15) is 4.79 Å². The number of nitrogens with zero attached hydrogens (tertiary/aromatic N) is 3. The zero-order valence-corrected chi connectivity index (χ0v) is 14.4. The molecular weight excluding hydrogens is 316 g/mol. The van der Waals surface area contributed by atoms with Crippen LogP contribution in [-0.4, -0.2) is 39.9 Å². The molecule has 3 rings (SSSR count). The summed E-state index contributed by atoms with van der Waals surface area (Å²) in [6.45, 7) is 7.21. The number of carbonyl (C=O) groups excluding carboxylic acids is 1. The standard InChI is InChI=1S/C15H20N4OS2/c1-10-6-19(7-12-5-16-11(2)22-12)4-3-13(10)18-15(20)14-8-21-9-17-14/h5,8-10,13H,3-4,6-7H2,1-2H3,(H,18,20)/t10-,13+/m0/s1. The highest BCUT2D eigenvalue weighted by Crippen LogP contribution is 2.21. The molecule has 7 heteroatoms. The van der Waals surface area contributed by atoms with Gasteiger partial charge in [0.05, 0.1) is 10.5 Å². The number of carbonyl (C=O) groups is 1. The molecule has 0 unspecified atom stereocenters. The molecule has 2 atom stereocenters. The minimum absolute atomic E-state index is 0.0513. The van der Waals surface area contributed by atoms with E-state index in [0.717, 1.165) is 31.1 Å². The summed E-state index contributed by atoms with van der Waals surface area (Å²) in [4.78, 5) is 24.3. The highest BCUT2D eigenvalue weighted by Gasteiger charge is 2.28. The molecular formula is C15H20N4OS2. The van der Waals surface area contributed by atoms with Crippen molar-refractivity contribution in [1.29, 1.82) is 0 Å². The quantitative estimate of drug-likeness (QED) is 0.932. The number of hydrogen-bond donors (Lipinski definition) is 1. The molecule has 1 aliphatic rings. The number of rotatable bonds is 4. The van der Waals surface area contributed by atoms with E-state index in [-0.39, 0.29) is 11.9 Å². The maximum atomic E-state index is 12.1. The van der Waals surface area contributed by atoms with Crippen molar-refractivity contribution >= 4 is 28.6 Å². The molecule has 0 radical (unpaired) electrons. The Morgan fingerprint density at radius 1 is 1.50 bits per heavy atom. The van der Waals surface area contributed by atoms with Gasteiger partial charge in [-0.2, -0.15) is 0 Å².